The molecule has 21 heavy (non-hydrogen) atoms. The van der Waals surface area contributed by atoms with Crippen molar-refractivity contribution in [1.82, 2.24) is 5.32 Å². The van der Waals surface area contributed by atoms with Crippen molar-refractivity contribution in [1.29, 1.82) is 0 Å². The number of carbonyl (C=O) groups is 1. The van der Waals surface area contributed by atoms with Gasteiger partial charge in [0.1, 0.15) is 5.82 Å². The summed E-state index contributed by atoms with van der Waals surface area (Å²) >= 11 is 11.5. The van der Waals surface area contributed by atoms with Crippen LogP contribution in [0, 0.1) is 5.82 Å². The highest BCUT2D eigenvalue weighted by Crippen LogP contribution is 2.19. The summed E-state index contributed by atoms with van der Waals surface area (Å²) in [6.45, 7) is -0.324. The number of hydrogen-bond donors (Lipinski definition) is 2. The van der Waals surface area contributed by atoms with E-state index in [1.54, 1.807) is 24.3 Å². The molecule has 0 saturated heterocycles. The molecule has 1 atom stereocenters. The van der Waals surface area contributed by atoms with Crippen LogP contribution < -0.4 is 5.32 Å². The lowest BCUT2D eigenvalue weighted by Crippen LogP contribution is -2.31. The fraction of sp³-hybridized carbons (Fsp3) is 0.133. The lowest BCUT2D eigenvalue weighted by Gasteiger charge is -2.17. The Labute approximate surface area is 131 Å². The molecule has 0 aromatic heterocycles. The summed E-state index contributed by atoms with van der Waals surface area (Å²) in [5.74, 6) is -1.33. The summed E-state index contributed by atoms with van der Waals surface area (Å²) in [5, 5.41) is 12.8. The molecule has 2 N–H and O–H groups in total. The van der Waals surface area contributed by atoms with Crippen LogP contribution in [0.5, 0.6) is 0 Å². The Bertz CT molecular complexity index is 647. The summed E-state index contributed by atoms with van der Waals surface area (Å²) in [5.41, 5.74) is 0.493. The van der Waals surface area contributed by atoms with E-state index in [9.17, 15) is 14.3 Å². The van der Waals surface area contributed by atoms with Gasteiger partial charge < -0.3 is 10.4 Å². The predicted octanol–water partition coefficient (Wildman–Crippen LogP) is 3.60. The van der Waals surface area contributed by atoms with Gasteiger partial charge in [-0.1, -0.05) is 35.3 Å². The second kappa shape index (κ2) is 6.89. The summed E-state index contributed by atoms with van der Waals surface area (Å²) in [6, 6.07) is 9.70. The molecule has 2 rings (SSSR count). The Morgan fingerprint density at radius 3 is 2.38 bits per heavy atom. The molecular weight excluding hydrogens is 316 g/mol. The average molecular weight is 328 g/mol. The number of rotatable bonds is 4. The molecule has 0 saturated carbocycles. The fourth-order valence-electron chi connectivity index (χ4n) is 1.84. The van der Waals surface area contributed by atoms with E-state index in [4.69, 9.17) is 23.2 Å². The molecule has 3 nitrogen and oxygen atoms in total. The summed E-state index contributed by atoms with van der Waals surface area (Å²) in [7, 11) is 0. The molecular formula is C15H12Cl2FNO2. The van der Waals surface area contributed by atoms with Gasteiger partial charge in [-0.15, -0.1) is 0 Å². The van der Waals surface area contributed by atoms with Crippen molar-refractivity contribution in [3.63, 3.8) is 0 Å². The molecule has 2 aromatic rings. The van der Waals surface area contributed by atoms with E-state index in [0.717, 1.165) is 6.07 Å². The SMILES string of the molecule is O=C(NC(CO)c1ccc(Cl)cc1)c1cc(Cl)ccc1F. The predicted molar refractivity (Wildman–Crippen MR) is 80.2 cm³/mol. The van der Waals surface area contributed by atoms with Crippen LogP contribution in [0.2, 0.25) is 10.0 Å². The van der Waals surface area contributed by atoms with Gasteiger partial charge in [0.15, 0.2) is 0 Å². The van der Waals surface area contributed by atoms with Gasteiger partial charge in [-0.2, -0.15) is 0 Å². The zero-order valence-electron chi connectivity index (χ0n) is 10.8. The lowest BCUT2D eigenvalue weighted by molar-refractivity contribution is 0.0912. The molecule has 1 amide bonds. The molecule has 110 valence electrons. The van der Waals surface area contributed by atoms with Gasteiger partial charge in [0.25, 0.3) is 5.91 Å². The first kappa shape index (κ1) is 15.8. The van der Waals surface area contributed by atoms with E-state index in [0.29, 0.717) is 10.6 Å². The Hall–Kier alpha value is -1.62. The van der Waals surface area contributed by atoms with E-state index in [1.165, 1.54) is 12.1 Å². The summed E-state index contributed by atoms with van der Waals surface area (Å²) in [6.07, 6.45) is 0. The van der Waals surface area contributed by atoms with Crippen LogP contribution in [-0.2, 0) is 0 Å². The average Bonchev–Trinajstić information content (AvgIpc) is 2.48. The van der Waals surface area contributed by atoms with Gasteiger partial charge in [-0.25, -0.2) is 4.39 Å². The number of hydrogen-bond acceptors (Lipinski definition) is 2. The van der Waals surface area contributed by atoms with Gasteiger partial charge in [0, 0.05) is 10.0 Å². The number of aliphatic hydroxyl groups is 1. The molecule has 0 radical (unpaired) electrons. The highest BCUT2D eigenvalue weighted by Gasteiger charge is 2.18. The first-order chi connectivity index (χ1) is 10.0. The molecule has 0 fully saturated rings. The maximum Gasteiger partial charge on any atom is 0.254 e. The van der Waals surface area contributed by atoms with Gasteiger partial charge in [-0.3, -0.25) is 4.79 Å². The standard InChI is InChI=1S/C15H12Cl2FNO2/c16-10-3-1-9(2-4-10)14(8-20)19-15(21)12-7-11(17)5-6-13(12)18/h1-7,14,20H,8H2,(H,19,21). The molecule has 2 aromatic carbocycles. The molecule has 0 aliphatic carbocycles. The normalized spacial score (nSPS) is 12.0. The molecule has 0 spiro atoms. The summed E-state index contributed by atoms with van der Waals surface area (Å²) < 4.78 is 13.6. The number of benzene rings is 2. The quantitative estimate of drug-likeness (QED) is 0.901. The minimum atomic E-state index is -0.676. The minimum absolute atomic E-state index is 0.171. The zero-order chi connectivity index (χ0) is 15.4. The Morgan fingerprint density at radius 2 is 1.76 bits per heavy atom. The maximum absolute atomic E-state index is 13.6. The number of amides is 1. The van der Waals surface area contributed by atoms with Crippen LogP contribution in [0.15, 0.2) is 42.5 Å². The largest absolute Gasteiger partial charge is 0.394 e. The minimum Gasteiger partial charge on any atom is -0.394 e. The van der Waals surface area contributed by atoms with E-state index in [1.807, 2.05) is 0 Å². The first-order valence-corrected chi connectivity index (χ1v) is 6.89. The third kappa shape index (κ3) is 3.94. The third-order valence-electron chi connectivity index (χ3n) is 2.93. The van der Waals surface area contributed by atoms with Crippen LogP contribution in [0.25, 0.3) is 0 Å². The van der Waals surface area contributed by atoms with Crippen molar-refractivity contribution >= 4 is 29.1 Å². The van der Waals surface area contributed by atoms with E-state index in [-0.39, 0.29) is 17.2 Å². The van der Waals surface area contributed by atoms with Crippen molar-refractivity contribution < 1.29 is 14.3 Å². The molecule has 0 aliphatic heterocycles. The van der Waals surface area contributed by atoms with Gasteiger partial charge in [0.05, 0.1) is 18.2 Å². The smallest absolute Gasteiger partial charge is 0.254 e. The lowest BCUT2D eigenvalue weighted by atomic mass is 10.1. The van der Waals surface area contributed by atoms with Crippen molar-refractivity contribution in [2.75, 3.05) is 6.61 Å². The van der Waals surface area contributed by atoms with Crippen molar-refractivity contribution in [3.8, 4) is 0 Å². The van der Waals surface area contributed by atoms with E-state index >= 15 is 0 Å². The Morgan fingerprint density at radius 1 is 1.14 bits per heavy atom. The van der Waals surface area contributed by atoms with Crippen LogP contribution in [0.3, 0.4) is 0 Å². The maximum atomic E-state index is 13.6. The second-order valence-electron chi connectivity index (χ2n) is 4.38. The van der Waals surface area contributed by atoms with Crippen molar-refractivity contribution in [2.24, 2.45) is 0 Å². The second-order valence-corrected chi connectivity index (χ2v) is 5.26. The van der Waals surface area contributed by atoms with Crippen LogP contribution in [-0.4, -0.2) is 17.6 Å². The Kier molecular flexibility index (Phi) is 5.17. The van der Waals surface area contributed by atoms with E-state index < -0.39 is 17.8 Å². The zero-order valence-corrected chi connectivity index (χ0v) is 12.3. The molecule has 1 unspecified atom stereocenters. The highest BCUT2D eigenvalue weighted by molar-refractivity contribution is 6.31. The topological polar surface area (TPSA) is 49.3 Å². The van der Waals surface area contributed by atoms with Crippen LogP contribution in [0.1, 0.15) is 22.0 Å². The van der Waals surface area contributed by atoms with Crippen molar-refractivity contribution in [3.05, 3.63) is 69.5 Å². The molecule has 0 heterocycles. The molecule has 0 bridgehead atoms. The molecule has 0 aliphatic rings. The number of aliphatic hydroxyl groups excluding tert-OH is 1. The first-order valence-electron chi connectivity index (χ1n) is 6.13. The monoisotopic (exact) mass is 327 g/mol. The number of halogens is 3. The van der Waals surface area contributed by atoms with Crippen molar-refractivity contribution in [2.45, 2.75) is 6.04 Å². The number of nitrogens with one attached hydrogen (secondary N) is 1. The third-order valence-corrected chi connectivity index (χ3v) is 3.42. The van der Waals surface area contributed by atoms with Crippen LogP contribution in [0.4, 0.5) is 4.39 Å². The van der Waals surface area contributed by atoms with Gasteiger partial charge >= 0.3 is 0 Å². The Balaban J connectivity index is 2.20. The van der Waals surface area contributed by atoms with Gasteiger partial charge in [-0.05, 0) is 35.9 Å². The molecule has 6 heteroatoms. The van der Waals surface area contributed by atoms with Gasteiger partial charge in [0.2, 0.25) is 0 Å². The van der Waals surface area contributed by atoms with E-state index in [2.05, 4.69) is 5.32 Å². The van der Waals surface area contributed by atoms with Crippen LogP contribution >= 0.6 is 23.2 Å². The summed E-state index contributed by atoms with van der Waals surface area (Å²) in [4.78, 5) is 12.1. The highest BCUT2D eigenvalue weighted by atomic mass is 35.5. The fourth-order valence-corrected chi connectivity index (χ4v) is 2.14. The number of carbonyl (C=O) groups excluding carboxylic acids is 1.